The lowest BCUT2D eigenvalue weighted by molar-refractivity contribution is 0.313. The van der Waals surface area contributed by atoms with Gasteiger partial charge in [-0.2, -0.15) is 0 Å². The summed E-state index contributed by atoms with van der Waals surface area (Å²) < 4.78 is 15.7. The van der Waals surface area contributed by atoms with Crippen LogP contribution in [0.2, 0.25) is 0 Å². The summed E-state index contributed by atoms with van der Waals surface area (Å²) in [7, 11) is -2.56. The van der Waals surface area contributed by atoms with Crippen LogP contribution in [0.3, 0.4) is 0 Å². The largest absolute Gasteiger partial charge is 0.350 e. The lowest BCUT2D eigenvalue weighted by Gasteiger charge is -2.14. The third-order valence-corrected chi connectivity index (χ3v) is 4.01. The molecule has 2 unspecified atom stereocenters. The van der Waals surface area contributed by atoms with Gasteiger partial charge in [-0.25, -0.2) is 0 Å². The minimum Gasteiger partial charge on any atom is -0.323 e. The van der Waals surface area contributed by atoms with Gasteiger partial charge in [-0.05, 0) is 5.56 Å². The average Bonchev–Trinajstić information content (AvgIpc) is 2.18. The molecule has 0 fully saturated rings. The van der Waals surface area contributed by atoms with Crippen LogP contribution in [0.15, 0.2) is 30.3 Å². The molecule has 2 atom stereocenters. The molecular weight excluding hydrogens is 211 g/mol. The first-order valence-electron chi connectivity index (χ1n) is 3.65. The number of halogens is 1. The summed E-state index contributed by atoms with van der Waals surface area (Å²) in [6.45, 7) is 0. The van der Waals surface area contributed by atoms with E-state index in [4.69, 9.17) is 11.6 Å². The standard InChI is InChI=1S/C8H10ClO3P/c1-12-13(10,11)8(9)7-5-3-2-4-6-7/h2-6,8H,1H3,(H,10,11). The quantitative estimate of drug-likeness (QED) is 0.629. The first-order chi connectivity index (χ1) is 6.08. The first-order valence-corrected chi connectivity index (χ1v) is 5.73. The fourth-order valence-corrected chi connectivity index (χ4v) is 2.01. The molecule has 5 heteroatoms. The molecule has 3 nitrogen and oxygen atoms in total. The summed E-state index contributed by atoms with van der Waals surface area (Å²) in [6, 6.07) is 8.67. The Balaban J connectivity index is 2.92. The lowest BCUT2D eigenvalue weighted by atomic mass is 10.2. The van der Waals surface area contributed by atoms with Crippen molar-refractivity contribution in [1.82, 2.24) is 0 Å². The van der Waals surface area contributed by atoms with E-state index < -0.39 is 12.7 Å². The molecule has 1 aromatic carbocycles. The third-order valence-electron chi connectivity index (χ3n) is 1.62. The van der Waals surface area contributed by atoms with Crippen molar-refractivity contribution in [2.24, 2.45) is 0 Å². The van der Waals surface area contributed by atoms with Gasteiger partial charge >= 0.3 is 7.60 Å². The van der Waals surface area contributed by atoms with Crippen molar-refractivity contribution in [3.63, 3.8) is 0 Å². The number of alkyl halides is 1. The van der Waals surface area contributed by atoms with E-state index in [0.717, 1.165) is 0 Å². The Labute approximate surface area is 81.8 Å². The zero-order valence-electron chi connectivity index (χ0n) is 7.05. The molecule has 0 saturated heterocycles. The van der Waals surface area contributed by atoms with Gasteiger partial charge in [-0.1, -0.05) is 30.3 Å². The van der Waals surface area contributed by atoms with E-state index in [1.165, 1.54) is 7.11 Å². The summed E-state index contributed by atoms with van der Waals surface area (Å²) in [6.07, 6.45) is 0. The minimum absolute atomic E-state index is 0.580. The Morgan fingerprint density at radius 3 is 2.46 bits per heavy atom. The molecule has 0 saturated carbocycles. The van der Waals surface area contributed by atoms with Crippen molar-refractivity contribution in [3.8, 4) is 0 Å². The minimum atomic E-state index is -3.72. The molecule has 72 valence electrons. The summed E-state index contributed by atoms with van der Waals surface area (Å²) in [5.74, 6) is 0. The molecule has 0 radical (unpaired) electrons. The molecule has 0 amide bonds. The third kappa shape index (κ3) is 2.55. The van der Waals surface area contributed by atoms with Gasteiger partial charge < -0.3 is 9.42 Å². The van der Waals surface area contributed by atoms with Crippen LogP contribution in [0.4, 0.5) is 0 Å². The molecule has 0 aromatic heterocycles. The van der Waals surface area contributed by atoms with E-state index >= 15 is 0 Å². The molecule has 1 rings (SSSR count). The Hall–Kier alpha value is -0.340. The maximum Gasteiger partial charge on any atom is 0.350 e. The fourth-order valence-electron chi connectivity index (χ4n) is 0.893. The Bertz CT molecular complexity index is 314. The van der Waals surface area contributed by atoms with Crippen molar-refractivity contribution in [2.45, 2.75) is 5.12 Å². The highest BCUT2D eigenvalue weighted by Gasteiger charge is 2.30. The van der Waals surface area contributed by atoms with Crippen LogP contribution in [-0.4, -0.2) is 12.0 Å². The number of hydrogen-bond donors (Lipinski definition) is 1. The van der Waals surface area contributed by atoms with Gasteiger partial charge in [0.15, 0.2) is 5.12 Å². The summed E-state index contributed by atoms with van der Waals surface area (Å²) in [5, 5.41) is -1.00. The maximum atomic E-state index is 11.3. The zero-order valence-corrected chi connectivity index (χ0v) is 8.70. The summed E-state index contributed by atoms with van der Waals surface area (Å²) >= 11 is 5.76. The zero-order chi connectivity index (χ0) is 9.90. The smallest absolute Gasteiger partial charge is 0.323 e. The molecule has 0 heterocycles. The van der Waals surface area contributed by atoms with Gasteiger partial charge in [-0.3, -0.25) is 4.57 Å². The van der Waals surface area contributed by atoms with Crippen LogP contribution in [0.5, 0.6) is 0 Å². The molecule has 0 aliphatic heterocycles. The number of benzene rings is 1. The van der Waals surface area contributed by atoms with Gasteiger partial charge in [0.2, 0.25) is 0 Å². The summed E-state index contributed by atoms with van der Waals surface area (Å²) in [4.78, 5) is 9.25. The first kappa shape index (κ1) is 10.7. The van der Waals surface area contributed by atoms with Gasteiger partial charge in [0, 0.05) is 7.11 Å². The fraction of sp³-hybridized carbons (Fsp3) is 0.250. The highest BCUT2D eigenvalue weighted by molar-refractivity contribution is 7.55. The molecule has 1 N–H and O–H groups in total. The monoisotopic (exact) mass is 220 g/mol. The van der Waals surface area contributed by atoms with Crippen LogP contribution in [-0.2, 0) is 9.09 Å². The molecule has 13 heavy (non-hydrogen) atoms. The number of hydrogen-bond acceptors (Lipinski definition) is 2. The second-order valence-corrected chi connectivity index (χ2v) is 5.24. The van der Waals surface area contributed by atoms with Gasteiger partial charge in [0.25, 0.3) is 0 Å². The van der Waals surface area contributed by atoms with Crippen LogP contribution >= 0.6 is 19.2 Å². The maximum absolute atomic E-state index is 11.3. The van der Waals surface area contributed by atoms with E-state index in [0.29, 0.717) is 5.56 Å². The lowest BCUT2D eigenvalue weighted by Crippen LogP contribution is -1.93. The highest BCUT2D eigenvalue weighted by Crippen LogP contribution is 2.58. The van der Waals surface area contributed by atoms with Gasteiger partial charge in [0.05, 0.1) is 0 Å². The normalized spacial score (nSPS) is 17.8. The Morgan fingerprint density at radius 2 is 2.00 bits per heavy atom. The van der Waals surface area contributed by atoms with Crippen molar-refractivity contribution in [3.05, 3.63) is 35.9 Å². The van der Waals surface area contributed by atoms with Crippen molar-refractivity contribution in [1.29, 1.82) is 0 Å². The van der Waals surface area contributed by atoms with Crippen molar-refractivity contribution in [2.75, 3.05) is 7.11 Å². The van der Waals surface area contributed by atoms with Crippen LogP contribution in [0.1, 0.15) is 10.7 Å². The molecule has 0 bridgehead atoms. The van der Waals surface area contributed by atoms with E-state index in [2.05, 4.69) is 4.52 Å². The molecule has 0 aliphatic carbocycles. The van der Waals surface area contributed by atoms with E-state index in [1.807, 2.05) is 6.07 Å². The van der Waals surface area contributed by atoms with Crippen LogP contribution < -0.4 is 0 Å². The van der Waals surface area contributed by atoms with E-state index in [1.54, 1.807) is 24.3 Å². The average molecular weight is 221 g/mol. The highest BCUT2D eigenvalue weighted by atomic mass is 35.5. The molecule has 0 aliphatic rings. The van der Waals surface area contributed by atoms with E-state index in [9.17, 15) is 9.46 Å². The van der Waals surface area contributed by atoms with Crippen LogP contribution in [0, 0.1) is 0 Å². The summed E-state index contributed by atoms with van der Waals surface area (Å²) in [5.41, 5.74) is 0.580. The topological polar surface area (TPSA) is 46.5 Å². The molecule has 0 spiro atoms. The van der Waals surface area contributed by atoms with Crippen LogP contribution in [0.25, 0.3) is 0 Å². The van der Waals surface area contributed by atoms with Gasteiger partial charge in [0.1, 0.15) is 0 Å². The second kappa shape index (κ2) is 4.25. The predicted molar refractivity (Wildman–Crippen MR) is 51.9 cm³/mol. The number of rotatable bonds is 3. The Kier molecular flexibility index (Phi) is 3.51. The van der Waals surface area contributed by atoms with E-state index in [-0.39, 0.29) is 0 Å². The molecular formula is C8H10ClO3P. The molecule has 1 aromatic rings. The SMILES string of the molecule is COP(=O)(O)C(Cl)c1ccccc1. The van der Waals surface area contributed by atoms with Crippen molar-refractivity contribution < 1.29 is 14.0 Å². The predicted octanol–water partition coefficient (Wildman–Crippen LogP) is 2.76. The van der Waals surface area contributed by atoms with Crippen molar-refractivity contribution >= 4 is 19.2 Å². The van der Waals surface area contributed by atoms with Gasteiger partial charge in [-0.15, -0.1) is 11.6 Å². The second-order valence-electron chi connectivity index (χ2n) is 2.49. The Morgan fingerprint density at radius 1 is 1.46 bits per heavy atom.